The van der Waals surface area contributed by atoms with Crippen LogP contribution in [0, 0.1) is 29.9 Å². The Kier molecular flexibility index (Phi) is 5.39. The molecule has 1 aromatic carbocycles. The second kappa shape index (κ2) is 8.14. The highest BCUT2D eigenvalue weighted by Gasteiger charge is 2.20. The van der Waals surface area contributed by atoms with E-state index in [2.05, 4.69) is 25.4 Å². The van der Waals surface area contributed by atoms with Crippen molar-refractivity contribution in [1.82, 2.24) is 15.2 Å². The van der Waals surface area contributed by atoms with Crippen LogP contribution < -0.4 is 16.0 Å². The fourth-order valence-corrected chi connectivity index (χ4v) is 3.38. The molecule has 0 unspecified atom stereocenters. The predicted molar refractivity (Wildman–Crippen MR) is 107 cm³/mol. The lowest BCUT2D eigenvalue weighted by Gasteiger charge is -2.28. The number of pyridine rings is 1. The molecule has 0 amide bonds. The van der Waals surface area contributed by atoms with Gasteiger partial charge in [-0.05, 0) is 25.1 Å². The van der Waals surface area contributed by atoms with Crippen LogP contribution in [0.15, 0.2) is 24.4 Å². The zero-order chi connectivity index (χ0) is 21.3. The number of nitrogens with one attached hydrogen (secondary N) is 1. The number of halogens is 2. The maximum atomic E-state index is 14.5. The highest BCUT2D eigenvalue weighted by atomic mass is 19.1. The largest absolute Gasteiger partial charge is 0.378 e. The summed E-state index contributed by atoms with van der Waals surface area (Å²) >= 11 is 0. The van der Waals surface area contributed by atoms with Crippen molar-refractivity contribution < 1.29 is 13.5 Å². The molecule has 0 radical (unpaired) electrons. The summed E-state index contributed by atoms with van der Waals surface area (Å²) in [7, 11) is 0. The van der Waals surface area contributed by atoms with Crippen molar-refractivity contribution >= 4 is 22.4 Å². The number of aryl methyl sites for hydroxylation is 1. The minimum atomic E-state index is -1.15. The van der Waals surface area contributed by atoms with Gasteiger partial charge >= 0.3 is 0 Å². The smallest absolute Gasteiger partial charge is 0.158 e. The molecular formula is C20H19F2N7O. The van der Waals surface area contributed by atoms with Gasteiger partial charge in [-0.15, -0.1) is 5.10 Å². The van der Waals surface area contributed by atoms with Crippen LogP contribution in [0.3, 0.4) is 0 Å². The van der Waals surface area contributed by atoms with Crippen LogP contribution in [-0.4, -0.2) is 41.5 Å². The number of aromatic nitrogens is 3. The Hall–Kier alpha value is -3.42. The molecule has 8 nitrogen and oxygen atoms in total. The molecule has 0 saturated carbocycles. The third kappa shape index (κ3) is 3.72. The quantitative estimate of drug-likeness (QED) is 0.629. The molecule has 3 aromatic rings. The molecule has 0 bridgehead atoms. The molecule has 1 fully saturated rings. The maximum Gasteiger partial charge on any atom is 0.158 e. The van der Waals surface area contributed by atoms with Crippen LogP contribution in [0.1, 0.15) is 23.0 Å². The molecule has 154 valence electrons. The first-order chi connectivity index (χ1) is 14.5. The van der Waals surface area contributed by atoms with E-state index in [-0.39, 0.29) is 5.56 Å². The molecule has 0 aliphatic carbocycles. The summed E-state index contributed by atoms with van der Waals surface area (Å²) in [5.74, 6) is -0.571. The standard InChI is InChI=1S/C20H19F2N7O/c1-11-16-10-25-17(29-2-4-30-5-3-29)8-14(16)20(28-27-11)26-19(24)15-7-13(21)6-12(9-23)18(15)22/h6-8,10,19H,2-5,24H2,1H3,(H,26,28)/t19-/m0/s1. The van der Waals surface area contributed by atoms with E-state index in [1.165, 1.54) is 0 Å². The fraction of sp³-hybridized carbons (Fsp3) is 0.300. The molecular weight excluding hydrogens is 392 g/mol. The first-order valence-electron chi connectivity index (χ1n) is 9.35. The zero-order valence-corrected chi connectivity index (χ0v) is 16.2. The van der Waals surface area contributed by atoms with Gasteiger partial charge in [-0.3, -0.25) is 0 Å². The van der Waals surface area contributed by atoms with Gasteiger partial charge in [0.25, 0.3) is 0 Å². The summed E-state index contributed by atoms with van der Waals surface area (Å²) in [6.45, 7) is 4.46. The van der Waals surface area contributed by atoms with Crippen molar-refractivity contribution in [3.63, 3.8) is 0 Å². The number of nitrogens with two attached hydrogens (primary N) is 1. The molecule has 30 heavy (non-hydrogen) atoms. The summed E-state index contributed by atoms with van der Waals surface area (Å²) in [5, 5.41) is 21.6. The lowest BCUT2D eigenvalue weighted by atomic mass is 10.1. The number of benzene rings is 1. The second-order valence-electron chi connectivity index (χ2n) is 6.91. The average Bonchev–Trinajstić information content (AvgIpc) is 2.77. The second-order valence-corrected chi connectivity index (χ2v) is 6.91. The van der Waals surface area contributed by atoms with Gasteiger partial charge in [-0.1, -0.05) is 0 Å². The first-order valence-corrected chi connectivity index (χ1v) is 9.35. The normalized spacial score (nSPS) is 15.1. The predicted octanol–water partition coefficient (Wildman–Crippen LogP) is 2.39. The summed E-state index contributed by atoms with van der Waals surface area (Å²) in [6, 6.07) is 5.27. The van der Waals surface area contributed by atoms with Crippen molar-refractivity contribution in [2.24, 2.45) is 5.73 Å². The van der Waals surface area contributed by atoms with E-state index >= 15 is 0 Å². The van der Waals surface area contributed by atoms with Gasteiger partial charge in [-0.2, -0.15) is 10.4 Å². The summed E-state index contributed by atoms with van der Waals surface area (Å²) < 4.78 is 33.7. The van der Waals surface area contributed by atoms with Crippen LogP contribution in [0.25, 0.3) is 10.8 Å². The number of anilines is 2. The van der Waals surface area contributed by atoms with Crippen LogP contribution in [0.2, 0.25) is 0 Å². The summed E-state index contributed by atoms with van der Waals surface area (Å²) in [4.78, 5) is 6.61. The van der Waals surface area contributed by atoms with Crippen molar-refractivity contribution in [2.45, 2.75) is 13.1 Å². The van der Waals surface area contributed by atoms with Crippen molar-refractivity contribution in [3.8, 4) is 6.07 Å². The molecule has 1 saturated heterocycles. The van der Waals surface area contributed by atoms with Gasteiger partial charge in [0, 0.05) is 35.6 Å². The highest BCUT2D eigenvalue weighted by molar-refractivity contribution is 5.94. The molecule has 3 heterocycles. The Labute approximate surface area is 171 Å². The highest BCUT2D eigenvalue weighted by Crippen LogP contribution is 2.29. The number of morpholine rings is 1. The Morgan fingerprint density at radius 2 is 1.97 bits per heavy atom. The summed E-state index contributed by atoms with van der Waals surface area (Å²) in [5.41, 5.74) is 6.18. The molecule has 1 aliphatic rings. The van der Waals surface area contributed by atoms with E-state index < -0.39 is 23.4 Å². The Morgan fingerprint density at radius 3 is 2.70 bits per heavy atom. The lowest BCUT2D eigenvalue weighted by molar-refractivity contribution is 0.122. The molecule has 0 spiro atoms. The molecule has 1 atom stereocenters. The monoisotopic (exact) mass is 411 g/mol. The number of nitriles is 1. The minimum Gasteiger partial charge on any atom is -0.378 e. The van der Waals surface area contributed by atoms with Crippen molar-refractivity contribution in [3.05, 3.63) is 52.9 Å². The molecule has 4 rings (SSSR count). The molecule has 2 aromatic heterocycles. The van der Waals surface area contributed by atoms with Gasteiger partial charge in [0.1, 0.15) is 29.7 Å². The number of fused-ring (bicyclic) bond motifs is 1. The van der Waals surface area contributed by atoms with Crippen LogP contribution >= 0.6 is 0 Å². The van der Waals surface area contributed by atoms with Gasteiger partial charge in [0.15, 0.2) is 5.82 Å². The fourth-order valence-electron chi connectivity index (χ4n) is 3.38. The Balaban J connectivity index is 1.73. The SMILES string of the molecule is Cc1nnc(N[C@H](N)c2cc(F)cc(C#N)c2F)c2cc(N3CCOCC3)ncc12. The lowest BCUT2D eigenvalue weighted by Crippen LogP contribution is -2.36. The van der Waals surface area contributed by atoms with Gasteiger partial charge in [0.05, 0.1) is 24.5 Å². The molecule has 3 N–H and O–H groups in total. The first kappa shape index (κ1) is 19.9. The molecule has 10 heteroatoms. The van der Waals surface area contributed by atoms with Gasteiger partial charge in [0.2, 0.25) is 0 Å². The van der Waals surface area contributed by atoms with E-state index in [1.807, 2.05) is 6.07 Å². The van der Waals surface area contributed by atoms with Gasteiger partial charge in [-0.25, -0.2) is 13.8 Å². The third-order valence-corrected chi connectivity index (χ3v) is 4.98. The van der Waals surface area contributed by atoms with E-state index in [0.29, 0.717) is 43.2 Å². The third-order valence-electron chi connectivity index (χ3n) is 4.98. The number of hydrogen-bond donors (Lipinski definition) is 2. The topological polar surface area (TPSA) is 113 Å². The van der Waals surface area contributed by atoms with E-state index in [1.54, 1.807) is 19.2 Å². The Morgan fingerprint density at radius 1 is 1.20 bits per heavy atom. The van der Waals surface area contributed by atoms with Crippen molar-refractivity contribution in [2.75, 3.05) is 36.5 Å². The van der Waals surface area contributed by atoms with Gasteiger partial charge < -0.3 is 20.7 Å². The van der Waals surface area contributed by atoms with Crippen LogP contribution in [-0.2, 0) is 4.74 Å². The van der Waals surface area contributed by atoms with Crippen molar-refractivity contribution in [1.29, 1.82) is 5.26 Å². The number of ether oxygens (including phenoxy) is 1. The minimum absolute atomic E-state index is 0.176. The van der Waals surface area contributed by atoms with Crippen LogP contribution in [0.5, 0.6) is 0 Å². The Bertz CT molecular complexity index is 1140. The summed E-state index contributed by atoms with van der Waals surface area (Å²) in [6.07, 6.45) is 0.560. The maximum absolute atomic E-state index is 14.5. The number of hydrogen-bond acceptors (Lipinski definition) is 8. The van der Waals surface area contributed by atoms with E-state index in [9.17, 15) is 8.78 Å². The zero-order valence-electron chi connectivity index (χ0n) is 16.2. The number of nitrogens with zero attached hydrogens (tertiary/aromatic N) is 5. The molecule has 1 aliphatic heterocycles. The van der Waals surface area contributed by atoms with E-state index in [0.717, 1.165) is 23.3 Å². The van der Waals surface area contributed by atoms with Crippen LogP contribution in [0.4, 0.5) is 20.4 Å². The average molecular weight is 411 g/mol. The number of rotatable bonds is 4. The van der Waals surface area contributed by atoms with E-state index in [4.69, 9.17) is 15.7 Å².